The zero-order valence-electron chi connectivity index (χ0n) is 13.9. The maximum absolute atomic E-state index is 12.2. The molecule has 1 amide bonds. The van der Waals surface area contributed by atoms with Crippen molar-refractivity contribution in [3.05, 3.63) is 29.3 Å². The van der Waals surface area contributed by atoms with Crippen molar-refractivity contribution in [2.24, 2.45) is 0 Å². The summed E-state index contributed by atoms with van der Waals surface area (Å²) >= 11 is 1.33. The third-order valence-corrected chi connectivity index (χ3v) is 4.85. The molecule has 0 aliphatic carbocycles. The van der Waals surface area contributed by atoms with Gasteiger partial charge in [0, 0.05) is 12.3 Å². The number of carbonyl (C=O) groups is 1. The summed E-state index contributed by atoms with van der Waals surface area (Å²) < 4.78 is 7.32. The summed E-state index contributed by atoms with van der Waals surface area (Å²) in [6.45, 7) is 5.45. The fourth-order valence-electron chi connectivity index (χ4n) is 2.67. The van der Waals surface area contributed by atoms with Crippen LogP contribution in [0.3, 0.4) is 0 Å². The second kappa shape index (κ2) is 7.76. The van der Waals surface area contributed by atoms with E-state index in [2.05, 4.69) is 20.8 Å². The molecular formula is C16H21N5O2S. The number of ether oxygens (including phenoxy) is 1. The normalized spacial score (nSPS) is 17.2. The maximum atomic E-state index is 12.2. The fourth-order valence-corrected chi connectivity index (χ4v) is 3.35. The second-order valence-electron chi connectivity index (χ2n) is 5.93. The van der Waals surface area contributed by atoms with E-state index < -0.39 is 0 Å². The van der Waals surface area contributed by atoms with Gasteiger partial charge in [-0.3, -0.25) is 4.79 Å². The van der Waals surface area contributed by atoms with Crippen molar-refractivity contribution in [1.29, 1.82) is 0 Å². The van der Waals surface area contributed by atoms with Gasteiger partial charge in [0.1, 0.15) is 0 Å². The Hall–Kier alpha value is -1.93. The van der Waals surface area contributed by atoms with Crippen LogP contribution in [-0.4, -0.2) is 44.6 Å². The molecule has 7 nitrogen and oxygen atoms in total. The number of nitrogens with one attached hydrogen (secondary N) is 1. The summed E-state index contributed by atoms with van der Waals surface area (Å²) in [4.78, 5) is 12.2. The molecule has 0 bridgehead atoms. The molecule has 1 aliphatic heterocycles. The predicted octanol–water partition coefficient (Wildman–Crippen LogP) is 2.20. The van der Waals surface area contributed by atoms with E-state index in [4.69, 9.17) is 4.74 Å². The van der Waals surface area contributed by atoms with Gasteiger partial charge >= 0.3 is 0 Å². The highest BCUT2D eigenvalue weighted by Crippen LogP contribution is 2.20. The summed E-state index contributed by atoms with van der Waals surface area (Å²) in [5.41, 5.74) is 3.06. The lowest BCUT2D eigenvalue weighted by Gasteiger charge is -2.10. The zero-order chi connectivity index (χ0) is 16.9. The highest BCUT2D eigenvalue weighted by molar-refractivity contribution is 7.99. The number of nitrogens with zero attached hydrogens (tertiary/aromatic N) is 4. The average Bonchev–Trinajstić information content (AvgIpc) is 3.20. The van der Waals surface area contributed by atoms with Gasteiger partial charge in [-0.05, 0) is 48.7 Å². The van der Waals surface area contributed by atoms with Crippen LogP contribution in [0.25, 0.3) is 0 Å². The molecule has 0 saturated carbocycles. The largest absolute Gasteiger partial charge is 0.376 e. The van der Waals surface area contributed by atoms with Crippen LogP contribution in [-0.2, 0) is 16.1 Å². The number of anilines is 1. The highest BCUT2D eigenvalue weighted by Gasteiger charge is 2.19. The van der Waals surface area contributed by atoms with Crippen molar-refractivity contribution in [3.8, 4) is 0 Å². The van der Waals surface area contributed by atoms with Crippen LogP contribution in [0, 0.1) is 13.8 Å². The van der Waals surface area contributed by atoms with Crippen LogP contribution in [0.4, 0.5) is 5.69 Å². The van der Waals surface area contributed by atoms with Crippen LogP contribution in [0.2, 0.25) is 0 Å². The zero-order valence-corrected chi connectivity index (χ0v) is 14.7. The Balaban J connectivity index is 1.53. The van der Waals surface area contributed by atoms with Gasteiger partial charge in [0.2, 0.25) is 11.1 Å². The van der Waals surface area contributed by atoms with Crippen LogP contribution in [0.15, 0.2) is 23.4 Å². The van der Waals surface area contributed by atoms with E-state index in [1.54, 1.807) is 4.68 Å². The lowest BCUT2D eigenvalue weighted by Crippen LogP contribution is -2.18. The number of hydrogen-bond donors (Lipinski definition) is 1. The van der Waals surface area contributed by atoms with Crippen molar-refractivity contribution < 1.29 is 9.53 Å². The molecule has 8 heteroatoms. The second-order valence-corrected chi connectivity index (χ2v) is 6.88. The van der Waals surface area contributed by atoms with E-state index in [0.29, 0.717) is 11.7 Å². The minimum absolute atomic E-state index is 0.0707. The maximum Gasteiger partial charge on any atom is 0.234 e. The number of hydrogen-bond acceptors (Lipinski definition) is 6. The molecule has 2 aromatic rings. The van der Waals surface area contributed by atoms with E-state index in [1.807, 2.05) is 32.0 Å². The first kappa shape index (κ1) is 16.9. The van der Waals surface area contributed by atoms with Crippen molar-refractivity contribution in [3.63, 3.8) is 0 Å². The minimum Gasteiger partial charge on any atom is -0.376 e. The SMILES string of the molecule is Cc1ccc(NC(=O)CSc2nnnn2C[C@@H]2CCCO2)c(C)c1. The van der Waals surface area contributed by atoms with Crippen molar-refractivity contribution >= 4 is 23.4 Å². The first-order valence-electron chi connectivity index (χ1n) is 7.99. The summed E-state index contributed by atoms with van der Waals surface area (Å²) in [5.74, 6) is 0.192. The average molecular weight is 347 g/mol. The molecule has 2 heterocycles. The van der Waals surface area contributed by atoms with E-state index in [-0.39, 0.29) is 17.8 Å². The smallest absolute Gasteiger partial charge is 0.234 e. The van der Waals surface area contributed by atoms with Gasteiger partial charge in [-0.15, -0.1) is 5.10 Å². The predicted molar refractivity (Wildman–Crippen MR) is 92.1 cm³/mol. The lowest BCUT2D eigenvalue weighted by molar-refractivity contribution is -0.113. The van der Waals surface area contributed by atoms with Gasteiger partial charge in [0.05, 0.1) is 18.4 Å². The highest BCUT2D eigenvalue weighted by atomic mass is 32.2. The van der Waals surface area contributed by atoms with Gasteiger partial charge in [-0.25, -0.2) is 4.68 Å². The van der Waals surface area contributed by atoms with Crippen LogP contribution < -0.4 is 5.32 Å². The number of aryl methyl sites for hydroxylation is 2. The summed E-state index contributed by atoms with van der Waals surface area (Å²) in [5, 5.41) is 15.3. The summed E-state index contributed by atoms with van der Waals surface area (Å²) in [6.07, 6.45) is 2.27. The molecule has 1 fully saturated rings. The number of aromatic nitrogens is 4. The molecule has 1 saturated heterocycles. The van der Waals surface area contributed by atoms with Crippen LogP contribution in [0.1, 0.15) is 24.0 Å². The van der Waals surface area contributed by atoms with Crippen molar-refractivity contribution in [1.82, 2.24) is 20.2 Å². The minimum atomic E-state index is -0.0707. The lowest BCUT2D eigenvalue weighted by atomic mass is 10.1. The molecule has 0 unspecified atom stereocenters. The molecular weight excluding hydrogens is 326 g/mol. The molecule has 24 heavy (non-hydrogen) atoms. The number of rotatable bonds is 6. The third kappa shape index (κ3) is 4.33. The Morgan fingerprint density at radius 2 is 2.33 bits per heavy atom. The van der Waals surface area contributed by atoms with E-state index in [0.717, 1.165) is 30.7 Å². The Labute approximate surface area is 145 Å². The first-order valence-corrected chi connectivity index (χ1v) is 8.98. The monoisotopic (exact) mass is 347 g/mol. The molecule has 1 aromatic heterocycles. The van der Waals surface area contributed by atoms with E-state index in [1.165, 1.54) is 17.3 Å². The fraction of sp³-hybridized carbons (Fsp3) is 0.500. The molecule has 128 valence electrons. The van der Waals surface area contributed by atoms with Gasteiger partial charge in [-0.1, -0.05) is 29.5 Å². The van der Waals surface area contributed by atoms with E-state index in [9.17, 15) is 4.79 Å². The Morgan fingerprint density at radius 1 is 1.46 bits per heavy atom. The Bertz CT molecular complexity index is 712. The molecule has 1 aliphatic rings. The molecule has 1 atom stereocenters. The number of amides is 1. The third-order valence-electron chi connectivity index (χ3n) is 3.89. The van der Waals surface area contributed by atoms with Crippen molar-refractivity contribution in [2.45, 2.75) is 44.5 Å². The number of tetrazole rings is 1. The summed E-state index contributed by atoms with van der Waals surface area (Å²) in [6, 6.07) is 5.96. The van der Waals surface area contributed by atoms with Gasteiger partial charge in [-0.2, -0.15) is 0 Å². The topological polar surface area (TPSA) is 81.9 Å². The number of carbonyl (C=O) groups excluding carboxylic acids is 1. The Kier molecular flexibility index (Phi) is 5.47. The van der Waals surface area contributed by atoms with E-state index >= 15 is 0 Å². The van der Waals surface area contributed by atoms with Gasteiger partial charge < -0.3 is 10.1 Å². The van der Waals surface area contributed by atoms with Crippen LogP contribution in [0.5, 0.6) is 0 Å². The molecule has 0 spiro atoms. The molecule has 1 N–H and O–H groups in total. The molecule has 3 rings (SSSR count). The van der Waals surface area contributed by atoms with Gasteiger partial charge in [0.15, 0.2) is 0 Å². The van der Waals surface area contributed by atoms with Crippen LogP contribution >= 0.6 is 11.8 Å². The number of benzene rings is 1. The standard InChI is InChI=1S/C16H21N5O2S/c1-11-5-6-14(12(2)8-11)17-15(22)10-24-16-18-19-20-21(16)9-13-4-3-7-23-13/h5-6,8,13H,3-4,7,9-10H2,1-2H3,(H,17,22)/t13-/m0/s1. The molecule has 1 aromatic carbocycles. The summed E-state index contributed by atoms with van der Waals surface area (Å²) in [7, 11) is 0. The quantitative estimate of drug-likeness (QED) is 0.807. The molecule has 0 radical (unpaired) electrons. The first-order chi connectivity index (χ1) is 11.6. The van der Waals surface area contributed by atoms with Gasteiger partial charge in [0.25, 0.3) is 0 Å². The Morgan fingerprint density at radius 3 is 3.08 bits per heavy atom. The number of thioether (sulfide) groups is 1. The van der Waals surface area contributed by atoms with Crippen molar-refractivity contribution in [2.75, 3.05) is 17.7 Å².